The minimum absolute atomic E-state index is 0.0995. The van der Waals surface area contributed by atoms with Gasteiger partial charge in [-0.3, -0.25) is 15.0 Å². The van der Waals surface area contributed by atoms with Gasteiger partial charge in [-0.1, -0.05) is 375 Å². The number of benzene rings is 11. The van der Waals surface area contributed by atoms with Crippen molar-refractivity contribution in [3.8, 4) is 6.07 Å². The van der Waals surface area contributed by atoms with E-state index in [1.165, 1.54) is 111 Å². The molecule has 0 radical (unpaired) electrons. The predicted molar refractivity (Wildman–Crippen MR) is 617 cm³/mol. The second-order valence-corrected chi connectivity index (χ2v) is 42.7. The molecule has 3 heterocycles. The van der Waals surface area contributed by atoms with Crippen LogP contribution in [-0.4, -0.2) is 15.0 Å². The molecule has 14 rings (SSSR count). The number of hydrogen-bond acceptors (Lipinski definition) is 4. The molecule has 11 aromatic carbocycles. The van der Waals surface area contributed by atoms with E-state index < -0.39 is 35.0 Å². The van der Waals surface area contributed by atoms with Crippen LogP contribution in [0.3, 0.4) is 0 Å². The van der Waals surface area contributed by atoms with E-state index in [0.717, 1.165) is 65.7 Å². The van der Waals surface area contributed by atoms with Crippen molar-refractivity contribution in [2.45, 2.75) is 277 Å². The number of rotatable bonds is 13. The van der Waals surface area contributed by atoms with Crippen LogP contribution in [0.1, 0.15) is 352 Å². The molecule has 14 aromatic rings. The molecular weight excluding hydrogens is 2130 g/mol. The van der Waals surface area contributed by atoms with Crippen LogP contribution >= 0.6 is 101 Å². The van der Waals surface area contributed by atoms with E-state index in [2.05, 4.69) is 174 Å². The molecule has 0 N–H and O–H groups in total. The Morgan fingerprint density at radius 1 is 0.297 bits per heavy atom. The lowest BCUT2D eigenvalue weighted by atomic mass is 9.98. The second-order valence-electron chi connectivity index (χ2n) is 38.4. The monoisotopic (exact) mass is 2270 g/mol. The van der Waals surface area contributed by atoms with E-state index in [1.807, 2.05) is 240 Å². The molecule has 796 valence electrons. The van der Waals surface area contributed by atoms with Gasteiger partial charge in [-0.25, -0.2) is 35.6 Å². The number of halogens is 18. The Bertz CT molecular complexity index is 5980. The van der Waals surface area contributed by atoms with Crippen molar-refractivity contribution in [1.29, 1.82) is 5.26 Å². The summed E-state index contributed by atoms with van der Waals surface area (Å²) in [6.07, 6.45) is 6.73. The third-order valence-corrected chi connectivity index (χ3v) is 24.4. The summed E-state index contributed by atoms with van der Waals surface area (Å²) < 4.78 is 128. The predicted octanol–water partition coefficient (Wildman–Crippen LogP) is 44.9. The van der Waals surface area contributed by atoms with Crippen molar-refractivity contribution in [3.05, 3.63) is 478 Å². The van der Waals surface area contributed by atoms with Crippen LogP contribution < -0.4 is 0 Å². The minimum Gasteiger partial charge on any atom is -0.265 e. The molecule has 0 fully saturated rings. The molecule has 0 amide bonds. The highest BCUT2D eigenvalue weighted by atomic mass is 79.9. The average molecular weight is 2280 g/mol. The molecule has 0 saturated carbocycles. The van der Waals surface area contributed by atoms with E-state index in [9.17, 15) is 43.9 Å². The maximum atomic E-state index is 13.1. The number of aromatic nitrogens is 3. The number of pyridine rings is 3. The van der Waals surface area contributed by atoms with E-state index in [4.69, 9.17) is 81.4 Å². The van der Waals surface area contributed by atoms with Crippen LogP contribution in [0.5, 0.6) is 0 Å². The summed E-state index contributed by atoms with van der Waals surface area (Å²) in [5, 5.41) is 12.6. The minimum atomic E-state index is -4.23. The first-order chi connectivity index (χ1) is 69.3. The van der Waals surface area contributed by atoms with Crippen molar-refractivity contribution < 1.29 is 43.9 Å². The van der Waals surface area contributed by atoms with Crippen LogP contribution in [0.15, 0.2) is 301 Å². The summed E-state index contributed by atoms with van der Waals surface area (Å²) in [6, 6.07) is 74.8. The molecule has 0 aliphatic carbocycles. The highest BCUT2D eigenvalue weighted by molar-refractivity contribution is 9.10. The normalized spacial score (nSPS) is 10.5. The summed E-state index contributed by atoms with van der Waals surface area (Å²) in [7, 11) is 0. The van der Waals surface area contributed by atoms with Crippen molar-refractivity contribution in [2.24, 2.45) is 0 Å². The van der Waals surface area contributed by atoms with E-state index in [0.29, 0.717) is 72.1 Å². The molecule has 0 bridgehead atoms. The van der Waals surface area contributed by atoms with Crippen molar-refractivity contribution in [2.75, 3.05) is 0 Å². The highest BCUT2D eigenvalue weighted by Crippen LogP contribution is 2.34. The molecule has 0 unspecified atom stereocenters. The molecular formula is C125H145Br2Cl6F10N5. The number of alkyl halides is 3. The molecule has 0 atom stereocenters. The van der Waals surface area contributed by atoms with Gasteiger partial charge in [-0.2, -0.15) is 18.4 Å². The number of nitriles is 1. The molecule has 0 aliphatic heterocycles. The van der Waals surface area contributed by atoms with Gasteiger partial charge in [0.05, 0.1) is 33.8 Å². The second kappa shape index (κ2) is 72.3. The fourth-order valence-corrected chi connectivity index (χ4v) is 15.1. The maximum absolute atomic E-state index is 13.1. The third kappa shape index (κ3) is 56.1. The zero-order valence-corrected chi connectivity index (χ0v) is 98.0. The van der Waals surface area contributed by atoms with Gasteiger partial charge in [-0.15, -0.1) is 0 Å². The summed E-state index contributed by atoms with van der Waals surface area (Å²) in [5.41, 5.74) is 16.3. The van der Waals surface area contributed by atoms with Crippen molar-refractivity contribution in [1.82, 2.24) is 15.0 Å². The van der Waals surface area contributed by atoms with E-state index in [-0.39, 0.29) is 58.5 Å². The average Bonchev–Trinajstić information content (AvgIpc) is 0.859. The van der Waals surface area contributed by atoms with Crippen LogP contribution in [-0.2, 0) is 6.18 Å². The van der Waals surface area contributed by atoms with Gasteiger partial charge in [-0.05, 0) is 324 Å². The first kappa shape index (κ1) is 136. The van der Waals surface area contributed by atoms with Gasteiger partial charge < -0.3 is 0 Å². The largest absolute Gasteiger partial charge is 0.416 e. The lowest BCUT2D eigenvalue weighted by Gasteiger charge is -2.10. The lowest BCUT2D eigenvalue weighted by molar-refractivity contribution is -0.137. The van der Waals surface area contributed by atoms with Gasteiger partial charge in [0.25, 0.3) is 0 Å². The SMILES string of the molecule is CC(C)c1c(F)cccc1F.CC(C)c1cc(Cl)cc(Cl)c1.CC(C)c1cc(F)cc(F)c1.CC(C)c1ccc(Br)cc1F.CC(C)c1ccc(C(F)(F)F)cc1.CC(C)c1ccc(Cl)c(Cl)c1.CC(C)c1ccc(Cl)cc1F.CC(C)c1cccc(C#N)c1.CC(C)c1ccccc1F.CC(C)c1ccncc1.CC(C)c1cncc(Br)c1.Cc1cccc(Cl)c1C(C)C.Cc1cccnc1.[C-]#[N+]c1ccc(C(C)C)cc1. The molecule has 3 aromatic heterocycles. The highest BCUT2D eigenvalue weighted by Gasteiger charge is 2.30. The zero-order chi connectivity index (χ0) is 113. The molecule has 0 spiro atoms. The Morgan fingerprint density at radius 2 is 0.730 bits per heavy atom. The fraction of sp³-hybridized carbons (Fsp3) is 0.336. The molecule has 0 aliphatic rings. The first-order valence-corrected chi connectivity index (χ1v) is 52.8. The van der Waals surface area contributed by atoms with Crippen molar-refractivity contribution >= 4 is 107 Å². The van der Waals surface area contributed by atoms with Crippen molar-refractivity contribution in [3.63, 3.8) is 0 Å². The summed E-state index contributed by atoms with van der Waals surface area (Å²) >= 11 is 41.4. The molecule has 5 nitrogen and oxygen atoms in total. The molecule has 23 heteroatoms. The summed E-state index contributed by atoms with van der Waals surface area (Å²) in [6.45, 7) is 63.9. The third-order valence-electron chi connectivity index (χ3n) is 21.7. The Labute approximate surface area is 924 Å². The first-order valence-electron chi connectivity index (χ1n) is 49.0. The molecule has 0 saturated heterocycles. The van der Waals surface area contributed by atoms with Gasteiger partial charge in [0.15, 0.2) is 5.69 Å². The van der Waals surface area contributed by atoms with Crippen LogP contribution in [0.2, 0.25) is 30.1 Å². The number of hydrogen-bond donors (Lipinski definition) is 0. The Hall–Kier alpha value is -10.2. The Morgan fingerprint density at radius 3 is 1.10 bits per heavy atom. The number of nitrogens with zero attached hydrogens (tertiary/aromatic N) is 5. The van der Waals surface area contributed by atoms with Gasteiger partial charge >= 0.3 is 6.18 Å². The topological polar surface area (TPSA) is 66.8 Å². The fourth-order valence-electron chi connectivity index (χ4n) is 12.9. The van der Waals surface area contributed by atoms with Crippen LogP contribution in [0.4, 0.5) is 49.6 Å². The van der Waals surface area contributed by atoms with E-state index in [1.54, 1.807) is 50.5 Å². The molecule has 148 heavy (non-hydrogen) atoms. The summed E-state index contributed by atoms with van der Waals surface area (Å²) in [5.74, 6) is 2.44. The van der Waals surface area contributed by atoms with E-state index >= 15 is 0 Å². The summed E-state index contributed by atoms with van der Waals surface area (Å²) in [4.78, 5) is 15.2. The number of aryl methyl sites for hydroxylation is 2. The van der Waals surface area contributed by atoms with Crippen LogP contribution in [0.25, 0.3) is 4.85 Å². The quantitative estimate of drug-likeness (QED) is 0.0852. The maximum Gasteiger partial charge on any atom is 0.416 e. The zero-order valence-electron chi connectivity index (χ0n) is 90.3. The van der Waals surface area contributed by atoms with Gasteiger partial charge in [0.1, 0.15) is 40.7 Å². The van der Waals surface area contributed by atoms with Gasteiger partial charge in [0, 0.05) is 77.8 Å². The Kier molecular flexibility index (Phi) is 66.4. The van der Waals surface area contributed by atoms with Gasteiger partial charge in [0.2, 0.25) is 0 Å². The lowest BCUT2D eigenvalue weighted by Crippen LogP contribution is -2.04. The smallest absolute Gasteiger partial charge is 0.265 e. The standard InChI is InChI=1S/C10H13Cl.C10H11F3.2C10H11N.C9H10BrF.2C9H10Cl2.C9H10ClF.2C9H10F2.C9H11F.C8H10BrN.C8H11N.C6H7N/c1-7(2)10-8(3)5-4-6-9(10)11;1-7(2)8-3-5-9(6-4-8)10(11,12)13;1-8(2)9-4-6-10(11-3)7-5-9;1-8(2)10-5-3-4-9(6-10)7-11;1-6(2)8-4-3-7(10)5-9(8)11;1-6(2)7-3-8(10)5-9(11)4-7;1-6(2)7-3-4-8(10)9(11)5-7;1-6(2)8-4-3-7(10)5-9(8)11;1-6(2)7-3-8(10)5-9(11)4-7;1-6(2)9-7(10)4-3-5-8(9)11;1-7(2)8-5-3-4-6-9(8)10;1-6(2)7-3-8(9)5-10-4-7;1-7(2)8-3-5-9-6-4-8;1-6-3-2-4-7-5-6/h4-7H,1-3H3;3-7H,1-2H3;4-8H,1-2H3;3-6,8H,1-2H3;6*3-6H,1-2H3;3-7H,1-2H3;3-6H,1-2H3;3-7H,1-2H3;2-5H,1H3. The Balaban J connectivity index is 0.000000798. The van der Waals surface area contributed by atoms with Crippen LogP contribution in [0, 0.1) is 72.5 Å².